The number of likely N-dealkylation sites (N-methyl/N-ethyl adjacent to an activating group) is 1. The molecule has 0 amide bonds. The first kappa shape index (κ1) is 12.6. The fourth-order valence-electron chi connectivity index (χ4n) is 2.15. The van der Waals surface area contributed by atoms with E-state index in [1.807, 2.05) is 12.4 Å². The highest BCUT2D eigenvalue weighted by molar-refractivity contribution is 5.50. The Balaban J connectivity index is 2.01. The zero-order chi connectivity index (χ0) is 13.0. The van der Waals surface area contributed by atoms with E-state index in [-0.39, 0.29) is 0 Å². The largest absolute Gasteiger partial charge is 0.374 e. The summed E-state index contributed by atoms with van der Waals surface area (Å²) in [7, 11) is 2.15. The monoisotopic (exact) mass is 240 g/mol. The molecule has 0 saturated carbocycles. The SMILES string of the molecule is Cc1cc(C)cc(N(C)CCc2ccncc2)c1. The summed E-state index contributed by atoms with van der Waals surface area (Å²) in [6.07, 6.45) is 4.75. The minimum absolute atomic E-state index is 1.02. The highest BCUT2D eigenvalue weighted by atomic mass is 15.1. The third kappa shape index (κ3) is 3.33. The highest BCUT2D eigenvalue weighted by Gasteiger charge is 2.02. The van der Waals surface area contributed by atoms with E-state index in [1.165, 1.54) is 22.4 Å². The van der Waals surface area contributed by atoms with Crippen LogP contribution in [0, 0.1) is 13.8 Å². The summed E-state index contributed by atoms with van der Waals surface area (Å²) in [5, 5.41) is 0. The molecule has 2 aromatic rings. The maximum absolute atomic E-state index is 4.04. The first-order valence-corrected chi connectivity index (χ1v) is 6.33. The number of hydrogen-bond acceptors (Lipinski definition) is 2. The molecule has 0 aliphatic heterocycles. The number of pyridine rings is 1. The lowest BCUT2D eigenvalue weighted by atomic mass is 10.1. The molecule has 2 heteroatoms. The van der Waals surface area contributed by atoms with Gasteiger partial charge in [-0.05, 0) is 61.2 Å². The molecule has 94 valence electrons. The van der Waals surface area contributed by atoms with Crippen molar-refractivity contribution >= 4 is 5.69 Å². The number of nitrogens with zero attached hydrogens (tertiary/aromatic N) is 2. The quantitative estimate of drug-likeness (QED) is 0.814. The van der Waals surface area contributed by atoms with Crippen LogP contribution in [-0.2, 0) is 6.42 Å². The number of aryl methyl sites for hydroxylation is 2. The molecule has 1 heterocycles. The molecule has 1 aromatic carbocycles. The van der Waals surface area contributed by atoms with Crippen LogP contribution < -0.4 is 4.90 Å². The average molecular weight is 240 g/mol. The van der Waals surface area contributed by atoms with Gasteiger partial charge in [-0.25, -0.2) is 0 Å². The fourth-order valence-corrected chi connectivity index (χ4v) is 2.15. The Kier molecular flexibility index (Phi) is 3.98. The molecule has 0 aliphatic rings. The van der Waals surface area contributed by atoms with Crippen molar-refractivity contribution in [3.63, 3.8) is 0 Å². The molecular formula is C16H20N2. The minimum Gasteiger partial charge on any atom is -0.374 e. The summed E-state index contributed by atoms with van der Waals surface area (Å²) in [5.74, 6) is 0. The van der Waals surface area contributed by atoms with Crippen molar-refractivity contribution in [3.8, 4) is 0 Å². The summed E-state index contributed by atoms with van der Waals surface area (Å²) in [6.45, 7) is 5.31. The Labute approximate surface area is 109 Å². The van der Waals surface area contributed by atoms with Crippen LogP contribution in [0.5, 0.6) is 0 Å². The molecule has 0 unspecified atom stereocenters. The Bertz CT molecular complexity index is 486. The predicted octanol–water partition coefficient (Wildman–Crippen LogP) is 3.38. The van der Waals surface area contributed by atoms with E-state index in [0.29, 0.717) is 0 Å². The van der Waals surface area contributed by atoms with Crippen molar-refractivity contribution < 1.29 is 0 Å². The second kappa shape index (κ2) is 5.67. The van der Waals surface area contributed by atoms with E-state index in [2.05, 4.69) is 61.1 Å². The number of benzene rings is 1. The molecule has 0 fully saturated rings. The van der Waals surface area contributed by atoms with Gasteiger partial charge in [0.25, 0.3) is 0 Å². The van der Waals surface area contributed by atoms with Crippen molar-refractivity contribution in [1.29, 1.82) is 0 Å². The summed E-state index contributed by atoms with van der Waals surface area (Å²) >= 11 is 0. The van der Waals surface area contributed by atoms with E-state index in [4.69, 9.17) is 0 Å². The van der Waals surface area contributed by atoms with Gasteiger partial charge in [-0.15, -0.1) is 0 Å². The van der Waals surface area contributed by atoms with Crippen LogP contribution in [0.4, 0.5) is 5.69 Å². The van der Waals surface area contributed by atoms with Gasteiger partial charge in [0.1, 0.15) is 0 Å². The van der Waals surface area contributed by atoms with Crippen molar-refractivity contribution in [2.45, 2.75) is 20.3 Å². The van der Waals surface area contributed by atoms with Gasteiger partial charge in [0.15, 0.2) is 0 Å². The molecule has 18 heavy (non-hydrogen) atoms. The third-order valence-corrected chi connectivity index (χ3v) is 3.13. The zero-order valence-corrected chi connectivity index (χ0v) is 11.4. The van der Waals surface area contributed by atoms with E-state index >= 15 is 0 Å². The summed E-state index contributed by atoms with van der Waals surface area (Å²) in [5.41, 5.74) is 5.27. The van der Waals surface area contributed by atoms with Gasteiger partial charge in [0.2, 0.25) is 0 Å². The van der Waals surface area contributed by atoms with Gasteiger partial charge >= 0.3 is 0 Å². The standard InChI is InChI=1S/C16H20N2/c1-13-10-14(2)12-16(11-13)18(3)9-6-15-4-7-17-8-5-15/h4-5,7-8,10-12H,6,9H2,1-3H3. The third-order valence-electron chi connectivity index (χ3n) is 3.13. The van der Waals surface area contributed by atoms with Gasteiger partial charge in [-0.3, -0.25) is 4.98 Å². The number of anilines is 1. The van der Waals surface area contributed by atoms with Gasteiger partial charge in [0.05, 0.1) is 0 Å². The van der Waals surface area contributed by atoms with Crippen molar-refractivity contribution in [3.05, 3.63) is 59.4 Å². The molecule has 1 aromatic heterocycles. The molecule has 0 N–H and O–H groups in total. The molecule has 0 bridgehead atoms. The Morgan fingerprint density at radius 2 is 1.61 bits per heavy atom. The molecule has 2 nitrogen and oxygen atoms in total. The lowest BCUT2D eigenvalue weighted by Gasteiger charge is -2.20. The van der Waals surface area contributed by atoms with E-state index in [9.17, 15) is 0 Å². The molecule has 0 atom stereocenters. The van der Waals surface area contributed by atoms with Crippen LogP contribution in [0.25, 0.3) is 0 Å². The zero-order valence-electron chi connectivity index (χ0n) is 11.4. The number of hydrogen-bond donors (Lipinski definition) is 0. The Hall–Kier alpha value is -1.83. The molecule has 0 saturated heterocycles. The van der Waals surface area contributed by atoms with Crippen molar-refractivity contribution in [1.82, 2.24) is 4.98 Å². The fraction of sp³-hybridized carbons (Fsp3) is 0.312. The van der Waals surface area contributed by atoms with Crippen molar-refractivity contribution in [2.75, 3.05) is 18.5 Å². The lowest BCUT2D eigenvalue weighted by Crippen LogP contribution is -2.20. The van der Waals surface area contributed by atoms with Gasteiger partial charge in [0, 0.05) is 31.7 Å². The minimum atomic E-state index is 1.02. The molecule has 2 rings (SSSR count). The highest BCUT2D eigenvalue weighted by Crippen LogP contribution is 2.17. The average Bonchev–Trinajstić information content (AvgIpc) is 2.36. The second-order valence-corrected chi connectivity index (χ2v) is 4.87. The normalized spacial score (nSPS) is 10.4. The Morgan fingerprint density at radius 3 is 2.22 bits per heavy atom. The van der Waals surface area contributed by atoms with Gasteiger partial charge < -0.3 is 4.90 Å². The second-order valence-electron chi connectivity index (χ2n) is 4.87. The first-order valence-electron chi connectivity index (χ1n) is 6.33. The van der Waals surface area contributed by atoms with E-state index < -0.39 is 0 Å². The smallest absolute Gasteiger partial charge is 0.0369 e. The van der Waals surface area contributed by atoms with E-state index in [0.717, 1.165) is 13.0 Å². The maximum Gasteiger partial charge on any atom is 0.0369 e. The molecule has 0 spiro atoms. The summed E-state index contributed by atoms with van der Waals surface area (Å²) in [6, 6.07) is 10.8. The van der Waals surface area contributed by atoms with Gasteiger partial charge in [-0.2, -0.15) is 0 Å². The van der Waals surface area contributed by atoms with Crippen LogP contribution in [0.3, 0.4) is 0 Å². The number of rotatable bonds is 4. The first-order chi connectivity index (χ1) is 8.65. The summed E-state index contributed by atoms with van der Waals surface area (Å²) in [4.78, 5) is 6.35. The number of aromatic nitrogens is 1. The van der Waals surface area contributed by atoms with Crippen LogP contribution in [0.1, 0.15) is 16.7 Å². The summed E-state index contributed by atoms with van der Waals surface area (Å²) < 4.78 is 0. The molecular weight excluding hydrogens is 220 g/mol. The van der Waals surface area contributed by atoms with Crippen LogP contribution in [0.2, 0.25) is 0 Å². The lowest BCUT2D eigenvalue weighted by molar-refractivity contribution is 0.873. The molecule has 0 aliphatic carbocycles. The van der Waals surface area contributed by atoms with Crippen LogP contribution >= 0.6 is 0 Å². The van der Waals surface area contributed by atoms with E-state index in [1.54, 1.807) is 0 Å². The predicted molar refractivity (Wildman–Crippen MR) is 77.1 cm³/mol. The van der Waals surface area contributed by atoms with Crippen molar-refractivity contribution in [2.24, 2.45) is 0 Å². The van der Waals surface area contributed by atoms with Crippen LogP contribution in [-0.4, -0.2) is 18.6 Å². The topological polar surface area (TPSA) is 16.1 Å². The Morgan fingerprint density at radius 1 is 1.00 bits per heavy atom. The van der Waals surface area contributed by atoms with Gasteiger partial charge in [-0.1, -0.05) is 6.07 Å². The maximum atomic E-state index is 4.04. The molecule has 0 radical (unpaired) electrons. The van der Waals surface area contributed by atoms with Crippen LogP contribution in [0.15, 0.2) is 42.7 Å².